The van der Waals surface area contributed by atoms with Gasteiger partial charge in [0.1, 0.15) is 12.3 Å². The fourth-order valence-electron chi connectivity index (χ4n) is 3.38. The summed E-state index contributed by atoms with van der Waals surface area (Å²) in [6, 6.07) is 10.7. The quantitative estimate of drug-likeness (QED) is 0.223. The molecule has 1 unspecified atom stereocenters. The summed E-state index contributed by atoms with van der Waals surface area (Å²) in [4.78, 5) is 24.7. The maximum absolute atomic E-state index is 12.9. The first-order valence-corrected chi connectivity index (χ1v) is 12.7. The number of nitrogens with one attached hydrogen (secondary N) is 3. The van der Waals surface area contributed by atoms with E-state index in [0.29, 0.717) is 47.6 Å². The van der Waals surface area contributed by atoms with Crippen LogP contribution < -0.4 is 16.4 Å². The van der Waals surface area contributed by atoms with E-state index in [9.17, 15) is 18.0 Å². The van der Waals surface area contributed by atoms with Crippen LogP contribution in [-0.2, 0) is 24.3 Å². The third-order valence-corrected chi connectivity index (χ3v) is 8.10. The zero-order valence-electron chi connectivity index (χ0n) is 18.5. The molecule has 34 heavy (non-hydrogen) atoms. The zero-order chi connectivity index (χ0) is 24.9. The van der Waals surface area contributed by atoms with E-state index < -0.39 is 27.9 Å². The predicted octanol–water partition coefficient (Wildman–Crippen LogP) is 1.96. The third-order valence-electron chi connectivity index (χ3n) is 5.22. The first-order chi connectivity index (χ1) is 16.1. The number of morpholine rings is 1. The highest BCUT2D eigenvalue weighted by Crippen LogP contribution is 2.28. The molecular weight excluding hydrogens is 526 g/mol. The van der Waals surface area contributed by atoms with Gasteiger partial charge in [0.15, 0.2) is 0 Å². The molecule has 2 aromatic carbocycles. The third kappa shape index (κ3) is 6.41. The van der Waals surface area contributed by atoms with Crippen molar-refractivity contribution in [3.63, 3.8) is 0 Å². The lowest BCUT2D eigenvalue weighted by molar-refractivity contribution is -0.127. The minimum atomic E-state index is -3.66. The summed E-state index contributed by atoms with van der Waals surface area (Å²) in [5, 5.41) is 12.7. The highest BCUT2D eigenvalue weighted by molar-refractivity contribution is 9.10. The molecular formula is C22H26BrN5O5S. The van der Waals surface area contributed by atoms with Gasteiger partial charge in [0.2, 0.25) is 21.8 Å². The number of nitrogens with zero attached hydrogens (tertiary/aromatic N) is 1. The monoisotopic (exact) mass is 551 g/mol. The maximum atomic E-state index is 12.9. The molecule has 1 aliphatic rings. The number of nitrogens with two attached hydrogens (primary N) is 1. The van der Waals surface area contributed by atoms with Gasteiger partial charge in [-0.15, -0.1) is 0 Å². The molecule has 10 nitrogen and oxygen atoms in total. The van der Waals surface area contributed by atoms with Crippen LogP contribution in [-0.4, -0.2) is 56.7 Å². The second-order valence-electron chi connectivity index (χ2n) is 7.71. The van der Waals surface area contributed by atoms with E-state index in [1.165, 1.54) is 10.4 Å². The molecule has 12 heteroatoms. The van der Waals surface area contributed by atoms with Gasteiger partial charge in [0.25, 0.3) is 0 Å². The molecule has 3 rings (SSSR count). The number of sulfonamides is 1. The van der Waals surface area contributed by atoms with Gasteiger partial charge in [-0.05, 0) is 64.8 Å². The lowest BCUT2D eigenvalue weighted by Crippen LogP contribution is -2.40. The SMILES string of the molecule is CC(NC(=O)CC(=O)Nc1ccc(C(=N)N)cc1)c1ccc(S(=O)(=O)N2CCOCC2)c(Br)c1. The van der Waals surface area contributed by atoms with Gasteiger partial charge < -0.3 is 21.1 Å². The van der Waals surface area contributed by atoms with Crippen molar-refractivity contribution in [2.75, 3.05) is 31.6 Å². The van der Waals surface area contributed by atoms with Crippen LogP contribution in [0.2, 0.25) is 0 Å². The number of hydrogen-bond donors (Lipinski definition) is 4. The summed E-state index contributed by atoms with van der Waals surface area (Å²) in [5.74, 6) is -1.05. The number of rotatable bonds is 8. The Morgan fingerprint density at radius 1 is 1.15 bits per heavy atom. The summed E-state index contributed by atoms with van der Waals surface area (Å²) in [6.07, 6.45) is -0.385. The number of anilines is 1. The second-order valence-corrected chi connectivity index (χ2v) is 10.5. The van der Waals surface area contributed by atoms with E-state index in [1.54, 1.807) is 43.3 Å². The molecule has 2 amide bonds. The maximum Gasteiger partial charge on any atom is 0.244 e. The van der Waals surface area contributed by atoms with E-state index in [1.807, 2.05) is 0 Å². The molecule has 1 aliphatic heterocycles. The lowest BCUT2D eigenvalue weighted by atomic mass is 10.1. The van der Waals surface area contributed by atoms with Crippen LogP contribution in [0.15, 0.2) is 51.8 Å². The van der Waals surface area contributed by atoms with Crippen LogP contribution in [0.3, 0.4) is 0 Å². The van der Waals surface area contributed by atoms with Crippen LogP contribution in [0.4, 0.5) is 5.69 Å². The average molecular weight is 552 g/mol. The normalized spacial score (nSPS) is 15.4. The summed E-state index contributed by atoms with van der Waals surface area (Å²) in [5.41, 5.74) is 7.09. The summed E-state index contributed by atoms with van der Waals surface area (Å²) < 4.78 is 32.8. The molecule has 5 N–H and O–H groups in total. The number of halogens is 1. The fraction of sp³-hybridized carbons (Fsp3) is 0.318. The van der Waals surface area contributed by atoms with Crippen LogP contribution in [0.1, 0.15) is 30.5 Å². The van der Waals surface area contributed by atoms with Gasteiger partial charge in [-0.2, -0.15) is 4.31 Å². The molecule has 2 aromatic rings. The number of amidine groups is 1. The molecule has 0 bridgehead atoms. The number of carbonyl (C=O) groups excluding carboxylic acids is 2. The van der Waals surface area contributed by atoms with Crippen molar-refractivity contribution in [1.82, 2.24) is 9.62 Å². The number of carbonyl (C=O) groups is 2. The van der Waals surface area contributed by atoms with Crippen molar-refractivity contribution in [2.24, 2.45) is 5.73 Å². The minimum Gasteiger partial charge on any atom is -0.384 e. The molecule has 1 atom stereocenters. The van der Waals surface area contributed by atoms with Crippen LogP contribution in [0.5, 0.6) is 0 Å². The molecule has 1 saturated heterocycles. The van der Waals surface area contributed by atoms with Crippen LogP contribution in [0, 0.1) is 5.41 Å². The van der Waals surface area contributed by atoms with Gasteiger partial charge in [0.05, 0.1) is 24.2 Å². The molecule has 0 saturated carbocycles. The van der Waals surface area contributed by atoms with Crippen molar-refractivity contribution < 1.29 is 22.7 Å². The Kier molecular flexibility index (Phi) is 8.42. The van der Waals surface area contributed by atoms with Crippen molar-refractivity contribution in [1.29, 1.82) is 5.41 Å². The van der Waals surface area contributed by atoms with Gasteiger partial charge in [-0.1, -0.05) is 6.07 Å². The molecule has 0 aromatic heterocycles. The Balaban J connectivity index is 1.58. The zero-order valence-corrected chi connectivity index (χ0v) is 20.9. The summed E-state index contributed by atoms with van der Waals surface area (Å²) >= 11 is 3.34. The molecule has 1 fully saturated rings. The fourth-order valence-corrected chi connectivity index (χ4v) is 5.85. The van der Waals surface area contributed by atoms with E-state index >= 15 is 0 Å². The molecule has 182 valence electrons. The molecule has 0 radical (unpaired) electrons. The van der Waals surface area contributed by atoms with Crippen molar-refractivity contribution in [3.05, 3.63) is 58.1 Å². The summed E-state index contributed by atoms with van der Waals surface area (Å²) in [7, 11) is -3.66. The topological polar surface area (TPSA) is 155 Å². The average Bonchev–Trinajstić information content (AvgIpc) is 2.79. The highest BCUT2D eigenvalue weighted by Gasteiger charge is 2.28. The smallest absolute Gasteiger partial charge is 0.244 e. The van der Waals surface area contributed by atoms with Crippen LogP contribution in [0.25, 0.3) is 0 Å². The van der Waals surface area contributed by atoms with E-state index in [0.717, 1.165) is 0 Å². The van der Waals surface area contributed by atoms with E-state index in [-0.39, 0.29) is 17.2 Å². The van der Waals surface area contributed by atoms with Crippen LogP contribution >= 0.6 is 15.9 Å². The molecule has 0 aliphatic carbocycles. The Hall–Kier alpha value is -2.80. The number of benzene rings is 2. The number of nitrogen functional groups attached to an aromatic ring is 1. The Bertz CT molecular complexity index is 1180. The number of hydrogen-bond acceptors (Lipinski definition) is 6. The Labute approximate surface area is 206 Å². The lowest BCUT2D eigenvalue weighted by Gasteiger charge is -2.26. The van der Waals surface area contributed by atoms with Gasteiger partial charge in [-0.25, -0.2) is 8.42 Å². The van der Waals surface area contributed by atoms with Crippen molar-refractivity contribution in [3.8, 4) is 0 Å². The molecule has 0 spiro atoms. The first kappa shape index (κ1) is 25.8. The Morgan fingerprint density at radius 2 is 1.79 bits per heavy atom. The van der Waals surface area contributed by atoms with Crippen molar-refractivity contribution >= 4 is 49.3 Å². The van der Waals surface area contributed by atoms with E-state index in [4.69, 9.17) is 15.9 Å². The number of ether oxygens (including phenoxy) is 1. The molecule has 1 heterocycles. The highest BCUT2D eigenvalue weighted by atomic mass is 79.9. The minimum absolute atomic E-state index is 0.0791. The van der Waals surface area contributed by atoms with E-state index in [2.05, 4.69) is 26.6 Å². The largest absolute Gasteiger partial charge is 0.384 e. The number of amides is 2. The van der Waals surface area contributed by atoms with Crippen molar-refractivity contribution in [2.45, 2.75) is 24.3 Å². The van der Waals surface area contributed by atoms with Gasteiger partial charge >= 0.3 is 0 Å². The van der Waals surface area contributed by atoms with Gasteiger partial charge in [0, 0.05) is 28.8 Å². The second kappa shape index (κ2) is 11.1. The standard InChI is InChI=1S/C22H26BrN5O5S/c1-14(26-20(29)13-21(30)27-17-5-2-15(3-6-17)22(24)25)16-4-7-19(18(23)12-16)34(31,32)28-8-10-33-11-9-28/h2-7,12,14H,8-11,13H2,1H3,(H3,24,25)(H,26,29)(H,27,30). The first-order valence-electron chi connectivity index (χ1n) is 10.5. The predicted molar refractivity (Wildman–Crippen MR) is 131 cm³/mol. The summed E-state index contributed by atoms with van der Waals surface area (Å²) in [6.45, 7) is 3.05. The van der Waals surface area contributed by atoms with Gasteiger partial charge in [-0.3, -0.25) is 15.0 Å². The Morgan fingerprint density at radius 3 is 2.38 bits per heavy atom.